The first kappa shape index (κ1) is 13.4. The summed E-state index contributed by atoms with van der Waals surface area (Å²) in [6.07, 6.45) is 0. The predicted octanol–water partition coefficient (Wildman–Crippen LogP) is 1.64. The van der Waals surface area contributed by atoms with Crippen LogP contribution in [0.4, 0.5) is 4.39 Å². The number of hydrogen-bond donors (Lipinski definition) is 1. The van der Waals surface area contributed by atoms with Crippen LogP contribution in [-0.4, -0.2) is 42.7 Å². The van der Waals surface area contributed by atoms with Crippen molar-refractivity contribution in [2.45, 2.75) is 6.92 Å². The molecule has 0 aliphatic carbocycles. The Hall–Kier alpha value is -1.62. The van der Waals surface area contributed by atoms with Crippen LogP contribution in [0, 0.1) is 5.82 Å². The van der Waals surface area contributed by atoms with E-state index in [9.17, 15) is 14.3 Å². The zero-order chi connectivity index (χ0) is 12.8. The van der Waals surface area contributed by atoms with E-state index < -0.39 is 11.7 Å². The van der Waals surface area contributed by atoms with Crippen molar-refractivity contribution in [3.8, 4) is 5.75 Å². The number of benzene rings is 1. The van der Waals surface area contributed by atoms with Gasteiger partial charge in [-0.1, -0.05) is 0 Å². The van der Waals surface area contributed by atoms with Crippen molar-refractivity contribution in [1.82, 2.24) is 4.90 Å². The Kier molecular flexibility index (Phi) is 4.90. The number of methoxy groups -OCH3 is 1. The molecular formula is C12H16FNO3. The van der Waals surface area contributed by atoms with E-state index >= 15 is 0 Å². The molecule has 0 saturated heterocycles. The fourth-order valence-corrected chi connectivity index (χ4v) is 1.45. The van der Waals surface area contributed by atoms with Crippen LogP contribution in [0.15, 0.2) is 18.2 Å². The van der Waals surface area contributed by atoms with E-state index in [1.165, 1.54) is 18.1 Å². The van der Waals surface area contributed by atoms with Crippen LogP contribution in [-0.2, 0) is 4.74 Å². The Morgan fingerprint density at radius 2 is 2.24 bits per heavy atom. The van der Waals surface area contributed by atoms with E-state index in [1.807, 2.05) is 6.92 Å². The Morgan fingerprint density at radius 1 is 1.53 bits per heavy atom. The van der Waals surface area contributed by atoms with Crippen LogP contribution in [0.1, 0.15) is 17.3 Å². The van der Waals surface area contributed by atoms with E-state index in [2.05, 4.69) is 0 Å². The van der Waals surface area contributed by atoms with Crippen molar-refractivity contribution in [1.29, 1.82) is 0 Å². The quantitative estimate of drug-likeness (QED) is 0.852. The number of hydrogen-bond acceptors (Lipinski definition) is 3. The molecule has 0 aliphatic heterocycles. The van der Waals surface area contributed by atoms with Gasteiger partial charge in [0.25, 0.3) is 5.91 Å². The number of halogens is 1. The fraction of sp³-hybridized carbons (Fsp3) is 0.417. The molecule has 0 unspecified atom stereocenters. The van der Waals surface area contributed by atoms with E-state index in [1.54, 1.807) is 0 Å². The Balaban J connectivity index is 2.89. The van der Waals surface area contributed by atoms with E-state index in [4.69, 9.17) is 4.74 Å². The monoisotopic (exact) mass is 241 g/mol. The summed E-state index contributed by atoms with van der Waals surface area (Å²) < 4.78 is 17.9. The van der Waals surface area contributed by atoms with E-state index in [-0.39, 0.29) is 11.3 Å². The van der Waals surface area contributed by atoms with Gasteiger partial charge in [0.15, 0.2) is 0 Å². The van der Waals surface area contributed by atoms with Crippen molar-refractivity contribution >= 4 is 5.91 Å². The Labute approximate surface area is 99.6 Å². The predicted molar refractivity (Wildman–Crippen MR) is 61.5 cm³/mol. The van der Waals surface area contributed by atoms with E-state index in [0.29, 0.717) is 19.7 Å². The minimum Gasteiger partial charge on any atom is -0.507 e. The third-order valence-corrected chi connectivity index (χ3v) is 2.42. The largest absolute Gasteiger partial charge is 0.507 e. The summed E-state index contributed by atoms with van der Waals surface area (Å²) in [7, 11) is 1.54. The van der Waals surface area contributed by atoms with Gasteiger partial charge in [0.05, 0.1) is 12.2 Å². The molecule has 0 atom stereocenters. The molecule has 1 rings (SSSR count). The first-order valence-electron chi connectivity index (χ1n) is 5.36. The molecular weight excluding hydrogens is 225 g/mol. The number of nitrogens with zero attached hydrogens (tertiary/aromatic N) is 1. The summed E-state index contributed by atoms with van der Waals surface area (Å²) in [5, 5.41) is 9.53. The maximum atomic E-state index is 13.0. The number of ether oxygens (including phenoxy) is 1. The van der Waals surface area contributed by atoms with Gasteiger partial charge in [-0.25, -0.2) is 4.39 Å². The molecule has 1 aromatic carbocycles. The van der Waals surface area contributed by atoms with E-state index in [0.717, 1.165) is 12.1 Å². The van der Waals surface area contributed by atoms with Gasteiger partial charge in [0.1, 0.15) is 11.6 Å². The molecule has 1 N–H and O–H groups in total. The van der Waals surface area contributed by atoms with Crippen LogP contribution in [0.2, 0.25) is 0 Å². The first-order valence-corrected chi connectivity index (χ1v) is 5.36. The van der Waals surface area contributed by atoms with Crippen molar-refractivity contribution < 1.29 is 19.0 Å². The second-order valence-electron chi connectivity index (χ2n) is 3.54. The van der Waals surface area contributed by atoms with Gasteiger partial charge < -0.3 is 14.7 Å². The molecule has 1 aromatic rings. The molecule has 94 valence electrons. The number of carbonyl (C=O) groups is 1. The van der Waals surface area contributed by atoms with Gasteiger partial charge >= 0.3 is 0 Å². The summed E-state index contributed by atoms with van der Waals surface area (Å²) in [6, 6.07) is 3.32. The lowest BCUT2D eigenvalue weighted by atomic mass is 10.1. The first-order chi connectivity index (χ1) is 8.10. The average Bonchev–Trinajstić information content (AvgIpc) is 2.33. The summed E-state index contributed by atoms with van der Waals surface area (Å²) in [6.45, 7) is 3.08. The van der Waals surface area contributed by atoms with Crippen LogP contribution in [0.25, 0.3) is 0 Å². The molecule has 0 aliphatic rings. The average molecular weight is 241 g/mol. The SMILES string of the molecule is CCN(CCOC)C(=O)c1cc(F)ccc1O. The highest BCUT2D eigenvalue weighted by atomic mass is 19.1. The standard InChI is InChI=1S/C12H16FNO3/c1-3-14(6-7-17-2)12(16)10-8-9(13)4-5-11(10)15/h4-5,8,15H,3,6-7H2,1-2H3. The lowest BCUT2D eigenvalue weighted by Crippen LogP contribution is -2.33. The summed E-state index contributed by atoms with van der Waals surface area (Å²) >= 11 is 0. The zero-order valence-corrected chi connectivity index (χ0v) is 9.94. The number of aromatic hydroxyl groups is 1. The lowest BCUT2D eigenvalue weighted by molar-refractivity contribution is 0.0703. The number of phenolic OH excluding ortho intramolecular Hbond substituents is 1. The number of likely N-dealkylation sites (N-methyl/N-ethyl adjacent to an activating group) is 1. The third-order valence-electron chi connectivity index (χ3n) is 2.42. The van der Waals surface area contributed by atoms with Crippen molar-refractivity contribution in [2.24, 2.45) is 0 Å². The number of phenols is 1. The molecule has 0 radical (unpaired) electrons. The van der Waals surface area contributed by atoms with Crippen LogP contribution >= 0.6 is 0 Å². The van der Waals surface area contributed by atoms with Crippen LogP contribution < -0.4 is 0 Å². The minimum atomic E-state index is -0.547. The normalized spacial score (nSPS) is 10.3. The molecule has 0 fully saturated rings. The van der Waals surface area contributed by atoms with Gasteiger partial charge in [-0.2, -0.15) is 0 Å². The van der Waals surface area contributed by atoms with Crippen LogP contribution in [0.5, 0.6) is 5.75 Å². The fourth-order valence-electron chi connectivity index (χ4n) is 1.45. The smallest absolute Gasteiger partial charge is 0.257 e. The van der Waals surface area contributed by atoms with Crippen molar-refractivity contribution in [2.75, 3.05) is 26.8 Å². The second kappa shape index (κ2) is 6.20. The second-order valence-corrected chi connectivity index (χ2v) is 3.54. The lowest BCUT2D eigenvalue weighted by Gasteiger charge is -2.20. The molecule has 5 heteroatoms. The van der Waals surface area contributed by atoms with Crippen molar-refractivity contribution in [3.63, 3.8) is 0 Å². The molecule has 1 amide bonds. The van der Waals surface area contributed by atoms with Gasteiger partial charge in [0.2, 0.25) is 0 Å². The molecule has 0 heterocycles. The molecule has 0 bridgehead atoms. The number of rotatable bonds is 5. The summed E-state index contributed by atoms with van der Waals surface area (Å²) in [5.74, 6) is -1.16. The van der Waals surface area contributed by atoms with Gasteiger partial charge in [-0.3, -0.25) is 4.79 Å². The number of amides is 1. The summed E-state index contributed by atoms with van der Waals surface area (Å²) in [4.78, 5) is 13.5. The molecule has 0 aromatic heterocycles. The molecule has 0 spiro atoms. The highest BCUT2D eigenvalue weighted by Gasteiger charge is 2.18. The highest BCUT2D eigenvalue weighted by molar-refractivity contribution is 5.96. The highest BCUT2D eigenvalue weighted by Crippen LogP contribution is 2.19. The summed E-state index contributed by atoms with van der Waals surface area (Å²) in [5.41, 5.74) is -0.0250. The van der Waals surface area contributed by atoms with Gasteiger partial charge in [-0.05, 0) is 25.1 Å². The molecule has 0 saturated carbocycles. The molecule has 4 nitrogen and oxygen atoms in total. The van der Waals surface area contributed by atoms with Crippen LogP contribution in [0.3, 0.4) is 0 Å². The Bertz CT molecular complexity index is 395. The molecule has 17 heavy (non-hydrogen) atoms. The van der Waals surface area contributed by atoms with Crippen molar-refractivity contribution in [3.05, 3.63) is 29.6 Å². The third kappa shape index (κ3) is 3.42. The number of carbonyl (C=O) groups excluding carboxylic acids is 1. The Morgan fingerprint density at radius 3 is 2.82 bits per heavy atom. The topological polar surface area (TPSA) is 49.8 Å². The van der Waals surface area contributed by atoms with Gasteiger partial charge in [0, 0.05) is 20.2 Å². The maximum absolute atomic E-state index is 13.0. The van der Waals surface area contributed by atoms with Gasteiger partial charge in [-0.15, -0.1) is 0 Å². The minimum absolute atomic E-state index is 0.0250. The zero-order valence-electron chi connectivity index (χ0n) is 9.94. The maximum Gasteiger partial charge on any atom is 0.257 e.